The molecule has 274 valence electrons. The average Bonchev–Trinajstić information content (AvgIpc) is 3.07. The van der Waals surface area contributed by atoms with E-state index < -0.39 is 24.8 Å². The molecule has 0 aromatic carbocycles. The van der Waals surface area contributed by atoms with E-state index in [2.05, 4.69) is 69.4 Å². The minimum absolute atomic E-state index is 0.0000814. The highest BCUT2D eigenvalue weighted by molar-refractivity contribution is 5.70. The molecule has 0 saturated carbocycles. The smallest absolute Gasteiger partial charge is 0.306 e. The van der Waals surface area contributed by atoms with E-state index in [1.54, 1.807) is 12.2 Å². The summed E-state index contributed by atoms with van der Waals surface area (Å²) in [6, 6.07) is 0. The number of hydrogen-bond acceptors (Lipinski definition) is 6. The van der Waals surface area contributed by atoms with Gasteiger partial charge in [-0.05, 0) is 50.9 Å². The van der Waals surface area contributed by atoms with Gasteiger partial charge in [-0.3, -0.25) is 9.59 Å². The van der Waals surface area contributed by atoms with Crippen LogP contribution in [0, 0.1) is 5.92 Å². The molecule has 0 aliphatic carbocycles. The van der Waals surface area contributed by atoms with Gasteiger partial charge in [0.2, 0.25) is 0 Å². The number of esters is 2. The van der Waals surface area contributed by atoms with Crippen LogP contribution in [-0.2, 0) is 19.1 Å². The van der Waals surface area contributed by atoms with Crippen LogP contribution in [0.15, 0.2) is 72.9 Å². The molecule has 2 N–H and O–H groups in total. The third-order valence-corrected chi connectivity index (χ3v) is 7.81. The van der Waals surface area contributed by atoms with E-state index in [0.717, 1.165) is 57.3 Å². The Bertz CT molecular complexity index is 926. The van der Waals surface area contributed by atoms with Gasteiger partial charge in [0.15, 0.2) is 6.10 Å². The minimum atomic E-state index is -0.898. The lowest BCUT2D eigenvalue weighted by Crippen LogP contribution is -2.28. The van der Waals surface area contributed by atoms with Gasteiger partial charge in [-0.2, -0.15) is 0 Å². The Kier molecular flexibility index (Phi) is 33.6. The second kappa shape index (κ2) is 35.6. The molecule has 2 atom stereocenters. The molecule has 48 heavy (non-hydrogen) atoms. The molecule has 0 saturated heterocycles. The summed E-state index contributed by atoms with van der Waals surface area (Å²) in [6.45, 7) is 6.13. The summed E-state index contributed by atoms with van der Waals surface area (Å²) in [5.41, 5.74) is 0. The van der Waals surface area contributed by atoms with Crippen LogP contribution in [0.5, 0.6) is 0 Å². The molecular formula is C42H70O6. The molecule has 0 radical (unpaired) electrons. The Morgan fingerprint density at radius 1 is 0.604 bits per heavy atom. The Balaban J connectivity index is 3.85. The summed E-state index contributed by atoms with van der Waals surface area (Å²) in [4.78, 5) is 24.2. The molecule has 0 rings (SSSR count). The quantitative estimate of drug-likeness (QED) is 0.0320. The molecule has 0 heterocycles. The van der Waals surface area contributed by atoms with Crippen molar-refractivity contribution < 1.29 is 29.3 Å². The van der Waals surface area contributed by atoms with Gasteiger partial charge in [-0.25, -0.2) is 0 Å². The van der Waals surface area contributed by atoms with E-state index >= 15 is 0 Å². The number of aliphatic hydroxyl groups is 2. The van der Waals surface area contributed by atoms with Crippen molar-refractivity contribution in [2.75, 3.05) is 13.2 Å². The third kappa shape index (κ3) is 34.6. The predicted molar refractivity (Wildman–Crippen MR) is 202 cm³/mol. The van der Waals surface area contributed by atoms with E-state index in [1.165, 1.54) is 57.8 Å². The van der Waals surface area contributed by atoms with Crippen LogP contribution < -0.4 is 0 Å². The number of carbonyl (C=O) groups is 2. The lowest BCUT2D eigenvalue weighted by molar-refractivity contribution is -0.161. The van der Waals surface area contributed by atoms with Gasteiger partial charge in [-0.1, -0.05) is 164 Å². The van der Waals surface area contributed by atoms with Crippen LogP contribution in [0.25, 0.3) is 0 Å². The van der Waals surface area contributed by atoms with E-state index in [1.807, 2.05) is 12.2 Å². The van der Waals surface area contributed by atoms with Crippen molar-refractivity contribution in [1.29, 1.82) is 0 Å². The van der Waals surface area contributed by atoms with E-state index in [9.17, 15) is 19.8 Å². The fourth-order valence-electron chi connectivity index (χ4n) is 4.91. The van der Waals surface area contributed by atoms with Crippen LogP contribution in [0.1, 0.15) is 149 Å². The summed E-state index contributed by atoms with van der Waals surface area (Å²) in [6.07, 6.45) is 42.9. The fourth-order valence-corrected chi connectivity index (χ4v) is 4.91. The van der Waals surface area contributed by atoms with Gasteiger partial charge in [-0.15, -0.1) is 0 Å². The van der Waals surface area contributed by atoms with Crippen molar-refractivity contribution in [3.8, 4) is 0 Å². The normalized spacial score (nSPS) is 13.8. The van der Waals surface area contributed by atoms with Crippen LogP contribution in [-0.4, -0.2) is 47.6 Å². The standard InChI is InChI=1S/C42H70O6/c1-4-5-6-7-8-9-10-11-12-13-14-17-20-23-26-29-32-39(44)34-35-42(46)48-40(36-43)37-47-41(45)33-30-27-24-21-18-15-16-19-22-25-28-31-38(2)3/h5-6,8-9,11-12,14,17,23,26,29,32,38-40,43-44H,4,7,10,13,15-16,18-22,24-25,27-28,30-31,33-37H2,1-3H3/b6-5-,9-8-,12-11-,17-14-,26-23-,32-29-/t39?,40-/m0/s1. The number of carbonyl (C=O) groups excluding carboxylic acids is 2. The Morgan fingerprint density at radius 2 is 1.10 bits per heavy atom. The van der Waals surface area contributed by atoms with Gasteiger partial charge < -0.3 is 19.7 Å². The first-order valence-electron chi connectivity index (χ1n) is 19.0. The van der Waals surface area contributed by atoms with Crippen molar-refractivity contribution in [2.45, 2.75) is 161 Å². The second-order valence-corrected chi connectivity index (χ2v) is 13.0. The zero-order chi connectivity index (χ0) is 35.3. The number of hydrogen-bond donors (Lipinski definition) is 2. The molecule has 0 amide bonds. The van der Waals surface area contributed by atoms with Crippen LogP contribution in [0.4, 0.5) is 0 Å². The third-order valence-electron chi connectivity index (χ3n) is 7.81. The van der Waals surface area contributed by atoms with E-state index in [0.29, 0.717) is 6.42 Å². The molecule has 6 heteroatoms. The zero-order valence-corrected chi connectivity index (χ0v) is 30.7. The maximum absolute atomic E-state index is 12.2. The molecule has 0 aliphatic rings. The summed E-state index contributed by atoms with van der Waals surface area (Å²) in [7, 11) is 0. The highest BCUT2D eigenvalue weighted by atomic mass is 16.6. The summed E-state index contributed by atoms with van der Waals surface area (Å²) >= 11 is 0. The number of ether oxygens (including phenoxy) is 2. The van der Waals surface area contributed by atoms with E-state index in [-0.39, 0.29) is 25.4 Å². The van der Waals surface area contributed by atoms with Crippen LogP contribution in [0.3, 0.4) is 0 Å². The number of aliphatic hydroxyl groups excluding tert-OH is 2. The summed E-state index contributed by atoms with van der Waals surface area (Å²) in [5, 5.41) is 19.7. The molecule has 0 spiro atoms. The maximum atomic E-state index is 12.2. The van der Waals surface area contributed by atoms with Gasteiger partial charge in [0.1, 0.15) is 6.61 Å². The molecule has 0 aromatic rings. The molecule has 0 fully saturated rings. The van der Waals surface area contributed by atoms with E-state index in [4.69, 9.17) is 9.47 Å². The monoisotopic (exact) mass is 671 g/mol. The zero-order valence-electron chi connectivity index (χ0n) is 30.7. The van der Waals surface area contributed by atoms with Crippen molar-refractivity contribution in [1.82, 2.24) is 0 Å². The summed E-state index contributed by atoms with van der Waals surface area (Å²) in [5.74, 6) is -0.0579. The van der Waals surface area contributed by atoms with Crippen molar-refractivity contribution in [3.63, 3.8) is 0 Å². The lowest BCUT2D eigenvalue weighted by atomic mass is 10.0. The highest BCUT2D eigenvalue weighted by Gasteiger charge is 2.17. The van der Waals surface area contributed by atoms with Gasteiger partial charge in [0.05, 0.1) is 12.7 Å². The van der Waals surface area contributed by atoms with Crippen LogP contribution >= 0.6 is 0 Å². The second-order valence-electron chi connectivity index (χ2n) is 13.0. The largest absolute Gasteiger partial charge is 0.462 e. The van der Waals surface area contributed by atoms with Crippen molar-refractivity contribution >= 4 is 11.9 Å². The maximum Gasteiger partial charge on any atom is 0.306 e. The first-order chi connectivity index (χ1) is 23.4. The van der Waals surface area contributed by atoms with Crippen molar-refractivity contribution in [3.05, 3.63) is 72.9 Å². The van der Waals surface area contributed by atoms with Gasteiger partial charge >= 0.3 is 11.9 Å². The lowest BCUT2D eigenvalue weighted by Gasteiger charge is -2.16. The Hall–Kier alpha value is -2.70. The molecule has 6 nitrogen and oxygen atoms in total. The van der Waals surface area contributed by atoms with Crippen molar-refractivity contribution in [2.24, 2.45) is 5.92 Å². The number of allylic oxidation sites excluding steroid dienone is 11. The molecular weight excluding hydrogens is 600 g/mol. The number of rotatable bonds is 32. The average molecular weight is 671 g/mol. The first-order valence-corrected chi connectivity index (χ1v) is 19.0. The first kappa shape index (κ1) is 45.3. The minimum Gasteiger partial charge on any atom is -0.462 e. The van der Waals surface area contributed by atoms with Crippen LogP contribution in [0.2, 0.25) is 0 Å². The Morgan fingerprint density at radius 3 is 1.62 bits per heavy atom. The molecule has 0 aromatic heterocycles. The number of unbranched alkanes of at least 4 members (excludes halogenated alkanes) is 10. The highest BCUT2D eigenvalue weighted by Crippen LogP contribution is 2.14. The summed E-state index contributed by atoms with van der Waals surface area (Å²) < 4.78 is 10.4. The fraction of sp³-hybridized carbons (Fsp3) is 0.667. The van der Waals surface area contributed by atoms with Gasteiger partial charge in [0, 0.05) is 12.8 Å². The topological polar surface area (TPSA) is 93.1 Å². The van der Waals surface area contributed by atoms with Gasteiger partial charge in [0.25, 0.3) is 0 Å². The SMILES string of the molecule is CC/C=C\C/C=C\C/C=C\C/C=C\C/C=C\C=C/C(O)CCC(=O)O[C@@H](CO)COC(=O)CCCCCCCCCCCCCC(C)C. The molecule has 1 unspecified atom stereocenters. The predicted octanol–water partition coefficient (Wildman–Crippen LogP) is 10.6. The molecule has 0 aliphatic heterocycles. The molecule has 0 bridgehead atoms. The Labute approximate surface area is 294 Å².